The molecule has 0 N–H and O–H groups in total. The fourth-order valence-electron chi connectivity index (χ4n) is 1.32. The normalized spacial score (nSPS) is 16.8. The second-order valence-corrected chi connectivity index (χ2v) is 6.23. The second kappa shape index (κ2) is 7.02. The molecule has 0 aromatic rings. The summed E-state index contributed by atoms with van der Waals surface area (Å²) in [5, 5.41) is 0. The van der Waals surface area contributed by atoms with Gasteiger partial charge in [0.2, 0.25) is 7.37 Å². The topological polar surface area (TPSA) is 52.6 Å². The van der Waals surface area contributed by atoms with Gasteiger partial charge in [-0.1, -0.05) is 6.92 Å². The Labute approximate surface area is 91.8 Å². The highest BCUT2D eigenvalue weighted by molar-refractivity contribution is 7.60. The molecule has 0 saturated carbocycles. The summed E-state index contributed by atoms with van der Waals surface area (Å²) < 4.78 is 22.4. The van der Waals surface area contributed by atoms with E-state index in [2.05, 4.69) is 0 Å². The van der Waals surface area contributed by atoms with Crippen LogP contribution in [-0.4, -0.2) is 31.0 Å². The average Bonchev–Trinajstić information content (AvgIpc) is 2.17. The van der Waals surface area contributed by atoms with E-state index in [0.29, 0.717) is 19.4 Å². The predicted molar refractivity (Wildman–Crippen MR) is 60.5 cm³/mol. The van der Waals surface area contributed by atoms with Crippen molar-refractivity contribution in [2.75, 3.05) is 19.4 Å². The molecule has 0 heterocycles. The number of rotatable bonds is 7. The van der Waals surface area contributed by atoms with Crippen molar-refractivity contribution in [1.82, 2.24) is 0 Å². The average molecular weight is 236 g/mol. The predicted octanol–water partition coefficient (Wildman–Crippen LogP) is 2.66. The number of carbonyl (C=O) groups is 1. The van der Waals surface area contributed by atoms with Crippen LogP contribution >= 0.6 is 7.37 Å². The van der Waals surface area contributed by atoms with Crippen molar-refractivity contribution in [2.45, 2.75) is 39.8 Å². The summed E-state index contributed by atoms with van der Waals surface area (Å²) in [7, 11) is -2.87. The first kappa shape index (κ1) is 14.7. The van der Waals surface area contributed by atoms with Gasteiger partial charge in [0.25, 0.3) is 0 Å². The van der Waals surface area contributed by atoms with Crippen molar-refractivity contribution >= 4 is 13.3 Å². The summed E-state index contributed by atoms with van der Waals surface area (Å²) >= 11 is 0. The third-order valence-electron chi connectivity index (χ3n) is 2.10. The second-order valence-electron chi connectivity index (χ2n) is 3.30. The lowest BCUT2D eigenvalue weighted by molar-refractivity contribution is -0.142. The molecule has 0 amide bonds. The van der Waals surface area contributed by atoms with E-state index in [-0.39, 0.29) is 0 Å². The third-order valence-corrected chi connectivity index (χ3v) is 5.26. The van der Waals surface area contributed by atoms with Gasteiger partial charge in [-0.2, -0.15) is 0 Å². The zero-order valence-electron chi connectivity index (χ0n) is 9.99. The van der Waals surface area contributed by atoms with Crippen LogP contribution in [0.4, 0.5) is 0 Å². The van der Waals surface area contributed by atoms with Gasteiger partial charge in [-0.05, 0) is 27.2 Å². The van der Waals surface area contributed by atoms with Crippen molar-refractivity contribution < 1.29 is 18.6 Å². The molecule has 2 atom stereocenters. The molecule has 0 aromatic heterocycles. The van der Waals surface area contributed by atoms with Gasteiger partial charge in [0.05, 0.1) is 13.2 Å². The molecule has 0 aromatic carbocycles. The molecule has 0 rings (SSSR count). The van der Waals surface area contributed by atoms with E-state index in [4.69, 9.17) is 9.26 Å². The van der Waals surface area contributed by atoms with E-state index in [1.807, 2.05) is 6.92 Å². The van der Waals surface area contributed by atoms with Gasteiger partial charge in [-0.3, -0.25) is 9.36 Å². The maximum absolute atomic E-state index is 12.3. The molecular formula is C10H21O4P. The Hall–Kier alpha value is -0.340. The Kier molecular flexibility index (Phi) is 6.86. The number of hydrogen-bond acceptors (Lipinski definition) is 4. The van der Waals surface area contributed by atoms with Crippen molar-refractivity contribution in [3.8, 4) is 0 Å². The smallest absolute Gasteiger partial charge is 0.318 e. The number of hydrogen-bond donors (Lipinski definition) is 0. The molecule has 0 spiro atoms. The van der Waals surface area contributed by atoms with Crippen LogP contribution in [0, 0.1) is 0 Å². The molecule has 0 bridgehead atoms. The Morgan fingerprint density at radius 1 is 1.27 bits per heavy atom. The van der Waals surface area contributed by atoms with E-state index in [0.717, 1.165) is 6.42 Å². The van der Waals surface area contributed by atoms with Gasteiger partial charge in [-0.15, -0.1) is 0 Å². The van der Waals surface area contributed by atoms with Crippen molar-refractivity contribution in [3.05, 3.63) is 0 Å². The molecule has 0 radical (unpaired) electrons. The lowest BCUT2D eigenvalue weighted by atomic mass is 10.5. The molecule has 4 nitrogen and oxygen atoms in total. The molecule has 2 unspecified atom stereocenters. The van der Waals surface area contributed by atoms with Crippen molar-refractivity contribution in [2.24, 2.45) is 0 Å². The third kappa shape index (κ3) is 4.35. The number of esters is 1. The minimum atomic E-state index is -2.87. The Bertz CT molecular complexity index is 230. The van der Waals surface area contributed by atoms with Crippen LogP contribution in [-0.2, 0) is 18.6 Å². The highest BCUT2D eigenvalue weighted by Crippen LogP contribution is 2.52. The van der Waals surface area contributed by atoms with Gasteiger partial charge in [0, 0.05) is 6.16 Å². The first-order chi connectivity index (χ1) is 7.01. The van der Waals surface area contributed by atoms with E-state index >= 15 is 0 Å². The Morgan fingerprint density at radius 2 is 1.87 bits per heavy atom. The lowest BCUT2D eigenvalue weighted by Gasteiger charge is -2.22. The molecule has 0 saturated heterocycles. The number of ether oxygens (including phenoxy) is 1. The van der Waals surface area contributed by atoms with Crippen LogP contribution < -0.4 is 0 Å². The zero-order chi connectivity index (χ0) is 11.9. The summed E-state index contributed by atoms with van der Waals surface area (Å²) in [4.78, 5) is 11.5. The minimum Gasteiger partial charge on any atom is -0.465 e. The van der Waals surface area contributed by atoms with Gasteiger partial charge in [0.15, 0.2) is 0 Å². The first-order valence-corrected chi connectivity index (χ1v) is 7.29. The molecule has 15 heavy (non-hydrogen) atoms. The first-order valence-electron chi connectivity index (χ1n) is 5.41. The van der Waals surface area contributed by atoms with Gasteiger partial charge in [0.1, 0.15) is 5.66 Å². The molecule has 0 aliphatic rings. The van der Waals surface area contributed by atoms with E-state index in [1.54, 1.807) is 20.8 Å². The van der Waals surface area contributed by atoms with Crippen LogP contribution in [0.15, 0.2) is 0 Å². The maximum Gasteiger partial charge on any atom is 0.318 e. The van der Waals surface area contributed by atoms with Crippen LogP contribution in [0.25, 0.3) is 0 Å². The highest BCUT2D eigenvalue weighted by atomic mass is 31.2. The highest BCUT2D eigenvalue weighted by Gasteiger charge is 2.35. The zero-order valence-corrected chi connectivity index (χ0v) is 10.9. The molecular weight excluding hydrogens is 215 g/mol. The summed E-state index contributed by atoms with van der Waals surface area (Å²) in [6.07, 6.45) is 1.17. The fourth-order valence-corrected chi connectivity index (χ4v) is 3.52. The van der Waals surface area contributed by atoms with E-state index < -0.39 is 19.0 Å². The summed E-state index contributed by atoms with van der Waals surface area (Å²) in [5.41, 5.74) is -0.655. The minimum absolute atomic E-state index is 0.307. The Morgan fingerprint density at radius 3 is 2.27 bits per heavy atom. The lowest BCUT2D eigenvalue weighted by Crippen LogP contribution is -2.22. The molecule has 90 valence electrons. The monoisotopic (exact) mass is 236 g/mol. The standard InChI is InChI=1S/C10H21O4P/c1-5-8-15(12,14-7-3)9(4)10(11)13-6-2/h9H,5-8H2,1-4H3. The van der Waals surface area contributed by atoms with Gasteiger partial charge < -0.3 is 9.26 Å². The number of carbonyl (C=O) groups excluding carboxylic acids is 1. The SMILES string of the molecule is CCCP(=O)(OCC)C(C)C(=O)OCC. The van der Waals surface area contributed by atoms with Gasteiger partial charge in [-0.25, -0.2) is 0 Å². The molecule has 0 aliphatic carbocycles. The van der Waals surface area contributed by atoms with Crippen LogP contribution in [0.5, 0.6) is 0 Å². The van der Waals surface area contributed by atoms with Crippen LogP contribution in [0.2, 0.25) is 0 Å². The van der Waals surface area contributed by atoms with Crippen LogP contribution in [0.1, 0.15) is 34.1 Å². The molecule has 5 heteroatoms. The van der Waals surface area contributed by atoms with E-state index in [1.165, 1.54) is 0 Å². The maximum atomic E-state index is 12.3. The molecule has 0 fully saturated rings. The van der Waals surface area contributed by atoms with Crippen molar-refractivity contribution in [1.29, 1.82) is 0 Å². The summed E-state index contributed by atoms with van der Waals surface area (Å²) in [6.45, 7) is 7.71. The summed E-state index contributed by atoms with van der Waals surface area (Å²) in [5.74, 6) is -0.428. The van der Waals surface area contributed by atoms with E-state index in [9.17, 15) is 9.36 Å². The molecule has 0 aliphatic heterocycles. The van der Waals surface area contributed by atoms with Crippen LogP contribution in [0.3, 0.4) is 0 Å². The fraction of sp³-hybridized carbons (Fsp3) is 0.900. The summed E-state index contributed by atoms with van der Waals surface area (Å²) in [6, 6.07) is 0. The van der Waals surface area contributed by atoms with Crippen molar-refractivity contribution in [3.63, 3.8) is 0 Å². The van der Waals surface area contributed by atoms with Gasteiger partial charge >= 0.3 is 5.97 Å². The quantitative estimate of drug-likeness (QED) is 0.503. The Balaban J connectivity index is 4.60. The largest absolute Gasteiger partial charge is 0.465 e.